The van der Waals surface area contributed by atoms with E-state index in [1.165, 1.54) is 0 Å². The van der Waals surface area contributed by atoms with Crippen molar-refractivity contribution < 1.29 is 9.90 Å². The molecule has 2 nitrogen and oxygen atoms in total. The third-order valence-electron chi connectivity index (χ3n) is 1.66. The Labute approximate surface area is 74.0 Å². The predicted molar refractivity (Wildman–Crippen MR) is 48.7 cm³/mol. The number of hydrogen-bond donors (Lipinski definition) is 1. The van der Waals surface area contributed by atoms with E-state index < -0.39 is 5.97 Å². The van der Waals surface area contributed by atoms with Gasteiger partial charge in [-0.1, -0.05) is 32.6 Å². The van der Waals surface area contributed by atoms with E-state index in [0.717, 1.165) is 25.7 Å². The molecule has 0 bridgehead atoms. The number of aliphatic carboxylic acids is 1. The summed E-state index contributed by atoms with van der Waals surface area (Å²) in [5.74, 6) is 4.21. The number of carboxylic acids is 1. The molecule has 0 heterocycles. The van der Waals surface area contributed by atoms with Gasteiger partial charge in [0.15, 0.2) is 0 Å². The van der Waals surface area contributed by atoms with Crippen LogP contribution in [0.25, 0.3) is 0 Å². The second-order valence-electron chi connectivity index (χ2n) is 2.85. The quantitative estimate of drug-likeness (QED) is 0.654. The molecule has 0 aliphatic heterocycles. The van der Waals surface area contributed by atoms with Gasteiger partial charge in [0, 0.05) is 11.8 Å². The van der Waals surface area contributed by atoms with Crippen molar-refractivity contribution in [2.45, 2.75) is 39.5 Å². The zero-order chi connectivity index (χ0) is 9.40. The van der Waals surface area contributed by atoms with Gasteiger partial charge < -0.3 is 5.11 Å². The number of rotatable bonds is 4. The third-order valence-corrected chi connectivity index (χ3v) is 1.66. The van der Waals surface area contributed by atoms with Crippen molar-refractivity contribution in [3.8, 4) is 11.8 Å². The highest BCUT2D eigenvalue weighted by atomic mass is 16.4. The van der Waals surface area contributed by atoms with Crippen molar-refractivity contribution in [3.05, 3.63) is 0 Å². The van der Waals surface area contributed by atoms with Gasteiger partial charge in [-0.2, -0.15) is 0 Å². The summed E-state index contributed by atoms with van der Waals surface area (Å²) >= 11 is 0. The molecular formula is C10H16O2. The van der Waals surface area contributed by atoms with Crippen molar-refractivity contribution in [1.29, 1.82) is 0 Å². The van der Waals surface area contributed by atoms with E-state index in [0.29, 0.717) is 0 Å². The molecule has 12 heavy (non-hydrogen) atoms. The maximum atomic E-state index is 10.1. The maximum absolute atomic E-state index is 10.1. The summed E-state index contributed by atoms with van der Waals surface area (Å²) in [5.41, 5.74) is 0. The lowest BCUT2D eigenvalue weighted by molar-refractivity contribution is -0.130. The fourth-order valence-electron chi connectivity index (χ4n) is 1.15. The molecule has 1 N–H and O–H groups in total. The minimum absolute atomic E-state index is 0.274. The van der Waals surface area contributed by atoms with E-state index in [2.05, 4.69) is 25.7 Å². The summed E-state index contributed by atoms with van der Waals surface area (Å²) in [5, 5.41) is 8.33. The molecule has 0 aromatic heterocycles. The van der Waals surface area contributed by atoms with Crippen LogP contribution in [0.5, 0.6) is 0 Å². The first kappa shape index (κ1) is 11.0. The van der Waals surface area contributed by atoms with Gasteiger partial charge in [-0.25, -0.2) is 4.79 Å². The lowest BCUT2D eigenvalue weighted by atomic mass is 9.99. The first-order valence-electron chi connectivity index (χ1n) is 4.45. The van der Waals surface area contributed by atoms with Crippen LogP contribution in [0.4, 0.5) is 0 Å². The van der Waals surface area contributed by atoms with E-state index in [9.17, 15) is 4.79 Å². The molecule has 0 rings (SSSR count). The Morgan fingerprint density at radius 3 is 2.17 bits per heavy atom. The van der Waals surface area contributed by atoms with Gasteiger partial charge in [-0.3, -0.25) is 0 Å². The molecule has 0 aliphatic carbocycles. The molecule has 0 atom stereocenters. The van der Waals surface area contributed by atoms with Crippen LogP contribution in [0.15, 0.2) is 0 Å². The van der Waals surface area contributed by atoms with Gasteiger partial charge in [0.1, 0.15) is 0 Å². The summed E-state index contributed by atoms with van der Waals surface area (Å²) in [6, 6.07) is 0. The molecule has 0 aromatic rings. The Morgan fingerprint density at radius 1 is 1.33 bits per heavy atom. The zero-order valence-electron chi connectivity index (χ0n) is 7.76. The Morgan fingerprint density at radius 2 is 1.83 bits per heavy atom. The smallest absolute Gasteiger partial charge is 0.381 e. The van der Waals surface area contributed by atoms with Crippen LogP contribution in [-0.2, 0) is 4.79 Å². The molecule has 0 aromatic carbocycles. The highest BCUT2D eigenvalue weighted by Gasteiger charge is 2.01. The van der Waals surface area contributed by atoms with Crippen LogP contribution in [0.1, 0.15) is 39.5 Å². The summed E-state index contributed by atoms with van der Waals surface area (Å²) in [7, 11) is 0. The first-order valence-corrected chi connectivity index (χ1v) is 4.45. The Balaban J connectivity index is 3.95. The Kier molecular flexibility index (Phi) is 6.18. The normalized spacial score (nSPS) is 9.25. The van der Waals surface area contributed by atoms with Gasteiger partial charge in [-0.05, 0) is 12.8 Å². The van der Waals surface area contributed by atoms with Crippen molar-refractivity contribution in [2.75, 3.05) is 0 Å². The zero-order valence-corrected chi connectivity index (χ0v) is 7.76. The summed E-state index contributed by atoms with van der Waals surface area (Å²) in [6.07, 6.45) is 4.15. The van der Waals surface area contributed by atoms with E-state index in [-0.39, 0.29) is 5.92 Å². The van der Waals surface area contributed by atoms with Gasteiger partial charge >= 0.3 is 5.97 Å². The molecule has 68 valence electrons. The predicted octanol–water partition coefficient (Wildman–Crippen LogP) is 2.29. The number of carboxylic acid groups (broad SMARTS) is 1. The number of carbonyl (C=O) groups is 1. The second-order valence-corrected chi connectivity index (χ2v) is 2.85. The van der Waals surface area contributed by atoms with Crippen LogP contribution in [0.2, 0.25) is 0 Å². The van der Waals surface area contributed by atoms with Crippen LogP contribution in [0, 0.1) is 17.8 Å². The van der Waals surface area contributed by atoms with Crippen LogP contribution in [0.3, 0.4) is 0 Å². The van der Waals surface area contributed by atoms with Gasteiger partial charge in [0.05, 0.1) is 0 Å². The van der Waals surface area contributed by atoms with E-state index in [4.69, 9.17) is 5.11 Å². The monoisotopic (exact) mass is 168 g/mol. The van der Waals surface area contributed by atoms with E-state index in [1.54, 1.807) is 0 Å². The minimum Gasteiger partial charge on any atom is -0.472 e. The van der Waals surface area contributed by atoms with Crippen molar-refractivity contribution in [3.63, 3.8) is 0 Å². The SMILES string of the molecule is CCCC(C#CC(=O)O)CCC. The molecule has 0 saturated carbocycles. The lowest BCUT2D eigenvalue weighted by Gasteiger charge is -2.05. The largest absolute Gasteiger partial charge is 0.472 e. The Hall–Kier alpha value is -0.970. The second kappa shape index (κ2) is 6.72. The highest BCUT2D eigenvalue weighted by molar-refractivity contribution is 5.86. The first-order chi connectivity index (χ1) is 5.70. The molecule has 0 spiro atoms. The molecule has 0 aliphatic rings. The standard InChI is InChI=1S/C10H16O2/c1-3-5-9(6-4-2)7-8-10(11)12/h9H,3-6H2,1-2H3,(H,11,12). The van der Waals surface area contributed by atoms with Crippen LogP contribution >= 0.6 is 0 Å². The average molecular weight is 168 g/mol. The van der Waals surface area contributed by atoms with E-state index in [1.807, 2.05) is 0 Å². The minimum atomic E-state index is -1.02. The molecule has 0 radical (unpaired) electrons. The lowest BCUT2D eigenvalue weighted by Crippen LogP contribution is -1.97. The van der Waals surface area contributed by atoms with Crippen molar-refractivity contribution in [1.82, 2.24) is 0 Å². The Bertz CT molecular complexity index is 180. The molecule has 0 amide bonds. The average Bonchev–Trinajstić information content (AvgIpc) is 2.01. The third kappa shape index (κ3) is 5.79. The maximum Gasteiger partial charge on any atom is 0.381 e. The molecule has 2 heteroatoms. The van der Waals surface area contributed by atoms with Gasteiger partial charge in [0.2, 0.25) is 0 Å². The molecular weight excluding hydrogens is 152 g/mol. The van der Waals surface area contributed by atoms with Crippen molar-refractivity contribution >= 4 is 5.97 Å². The van der Waals surface area contributed by atoms with Crippen molar-refractivity contribution in [2.24, 2.45) is 5.92 Å². The van der Waals surface area contributed by atoms with E-state index >= 15 is 0 Å². The van der Waals surface area contributed by atoms with Gasteiger partial charge in [-0.15, -0.1) is 0 Å². The van der Waals surface area contributed by atoms with Gasteiger partial charge in [0.25, 0.3) is 0 Å². The summed E-state index contributed by atoms with van der Waals surface area (Å²) in [4.78, 5) is 10.1. The topological polar surface area (TPSA) is 37.3 Å². The molecule has 0 fully saturated rings. The number of hydrogen-bond acceptors (Lipinski definition) is 1. The van der Waals surface area contributed by atoms with Crippen LogP contribution in [-0.4, -0.2) is 11.1 Å². The fraction of sp³-hybridized carbons (Fsp3) is 0.700. The fourth-order valence-corrected chi connectivity index (χ4v) is 1.15. The summed E-state index contributed by atoms with van der Waals surface area (Å²) < 4.78 is 0. The molecule has 0 saturated heterocycles. The van der Waals surface area contributed by atoms with Crippen LogP contribution < -0.4 is 0 Å². The highest BCUT2D eigenvalue weighted by Crippen LogP contribution is 2.11. The molecule has 0 unspecified atom stereocenters. The summed E-state index contributed by atoms with van der Waals surface area (Å²) in [6.45, 7) is 4.18.